The molecule has 0 bridgehead atoms. The van der Waals surface area contributed by atoms with E-state index in [4.69, 9.17) is 0 Å². The predicted molar refractivity (Wildman–Crippen MR) is 77.8 cm³/mol. The van der Waals surface area contributed by atoms with Crippen LogP contribution in [0, 0.1) is 0 Å². The van der Waals surface area contributed by atoms with Crippen molar-refractivity contribution >= 4 is 5.65 Å². The highest BCUT2D eigenvalue weighted by molar-refractivity contribution is 5.61. The second-order valence-corrected chi connectivity index (χ2v) is 4.60. The van der Waals surface area contributed by atoms with Crippen molar-refractivity contribution in [3.63, 3.8) is 0 Å². The van der Waals surface area contributed by atoms with Crippen LogP contribution in [0.15, 0.2) is 73.3 Å². The van der Waals surface area contributed by atoms with Gasteiger partial charge in [-0.05, 0) is 24.3 Å². The Morgan fingerprint density at radius 3 is 2.55 bits per heavy atom. The van der Waals surface area contributed by atoms with E-state index in [0.29, 0.717) is 0 Å². The van der Waals surface area contributed by atoms with E-state index in [1.807, 2.05) is 82.4 Å². The number of aromatic nitrogens is 4. The number of nitrogens with zero attached hydrogens (tertiary/aromatic N) is 4. The third kappa shape index (κ3) is 1.78. The molecule has 4 aromatic rings. The molecule has 0 aliphatic heterocycles. The lowest BCUT2D eigenvalue weighted by Crippen LogP contribution is -1.92. The van der Waals surface area contributed by atoms with Gasteiger partial charge in [-0.25, -0.2) is 9.67 Å². The Hall–Kier alpha value is -2.88. The van der Waals surface area contributed by atoms with Crippen LogP contribution in [0.1, 0.15) is 0 Å². The van der Waals surface area contributed by atoms with E-state index in [9.17, 15) is 0 Å². The van der Waals surface area contributed by atoms with E-state index in [0.717, 1.165) is 22.6 Å². The lowest BCUT2D eigenvalue weighted by molar-refractivity contribution is 0.881. The van der Waals surface area contributed by atoms with Crippen LogP contribution < -0.4 is 0 Å². The summed E-state index contributed by atoms with van der Waals surface area (Å²) in [4.78, 5) is 4.60. The standard InChI is InChI=1S/C16H12N4/c1-2-6-14(7-3-1)20-11-13(10-17-20)15-12-19-9-5-4-8-16(19)18-15/h1-12H. The number of hydrogen-bond donors (Lipinski definition) is 0. The normalized spacial score (nSPS) is 11.0. The van der Waals surface area contributed by atoms with Crippen LogP contribution in [-0.4, -0.2) is 19.2 Å². The van der Waals surface area contributed by atoms with Crippen LogP contribution in [0.3, 0.4) is 0 Å². The molecule has 0 saturated carbocycles. The van der Waals surface area contributed by atoms with Crippen LogP contribution in [0.25, 0.3) is 22.6 Å². The maximum atomic E-state index is 4.60. The summed E-state index contributed by atoms with van der Waals surface area (Å²) in [5.74, 6) is 0. The summed E-state index contributed by atoms with van der Waals surface area (Å²) >= 11 is 0. The molecule has 20 heavy (non-hydrogen) atoms. The van der Waals surface area contributed by atoms with Crippen LogP contribution in [0.4, 0.5) is 0 Å². The summed E-state index contributed by atoms with van der Waals surface area (Å²) in [5.41, 5.74) is 3.92. The molecule has 0 atom stereocenters. The molecule has 1 aromatic carbocycles. The molecule has 0 spiro atoms. The molecular weight excluding hydrogens is 248 g/mol. The van der Waals surface area contributed by atoms with Gasteiger partial charge in [0, 0.05) is 24.2 Å². The third-order valence-corrected chi connectivity index (χ3v) is 3.26. The van der Waals surface area contributed by atoms with Crippen molar-refractivity contribution in [2.75, 3.05) is 0 Å². The fourth-order valence-corrected chi connectivity index (χ4v) is 2.25. The summed E-state index contributed by atoms with van der Waals surface area (Å²) in [6, 6.07) is 16.0. The topological polar surface area (TPSA) is 35.1 Å². The zero-order valence-corrected chi connectivity index (χ0v) is 10.7. The summed E-state index contributed by atoms with van der Waals surface area (Å²) < 4.78 is 3.87. The minimum absolute atomic E-state index is 0.929. The van der Waals surface area contributed by atoms with Gasteiger partial charge in [-0.3, -0.25) is 0 Å². The molecule has 0 radical (unpaired) electrons. The van der Waals surface area contributed by atoms with E-state index in [2.05, 4.69) is 10.1 Å². The summed E-state index contributed by atoms with van der Waals surface area (Å²) in [7, 11) is 0. The molecule has 3 aromatic heterocycles. The molecule has 3 heterocycles. The van der Waals surface area contributed by atoms with E-state index in [1.165, 1.54) is 0 Å². The Balaban J connectivity index is 1.78. The lowest BCUT2D eigenvalue weighted by atomic mass is 10.3. The number of rotatable bonds is 2. The Bertz CT molecular complexity index is 825. The van der Waals surface area contributed by atoms with Gasteiger partial charge in [0.05, 0.1) is 17.6 Å². The average Bonchev–Trinajstić information content (AvgIpc) is 3.14. The second-order valence-electron chi connectivity index (χ2n) is 4.60. The molecule has 0 unspecified atom stereocenters. The first-order valence-electron chi connectivity index (χ1n) is 6.44. The third-order valence-electron chi connectivity index (χ3n) is 3.26. The smallest absolute Gasteiger partial charge is 0.137 e. The minimum atomic E-state index is 0.929. The molecule has 0 N–H and O–H groups in total. The van der Waals surface area contributed by atoms with E-state index < -0.39 is 0 Å². The van der Waals surface area contributed by atoms with Gasteiger partial charge < -0.3 is 4.40 Å². The lowest BCUT2D eigenvalue weighted by Gasteiger charge is -1.98. The highest BCUT2D eigenvalue weighted by Gasteiger charge is 2.07. The van der Waals surface area contributed by atoms with Gasteiger partial charge >= 0.3 is 0 Å². The Morgan fingerprint density at radius 1 is 0.850 bits per heavy atom. The number of benzene rings is 1. The number of para-hydroxylation sites is 1. The van der Waals surface area contributed by atoms with Gasteiger partial charge in [0.1, 0.15) is 5.65 Å². The molecule has 0 saturated heterocycles. The van der Waals surface area contributed by atoms with Crippen LogP contribution in [-0.2, 0) is 0 Å². The SMILES string of the molecule is c1ccc(-n2cc(-c3cn4ccccc4n3)cn2)cc1. The Labute approximate surface area is 115 Å². The fraction of sp³-hybridized carbons (Fsp3) is 0. The van der Waals surface area contributed by atoms with Crippen LogP contribution in [0.2, 0.25) is 0 Å². The zero-order valence-electron chi connectivity index (χ0n) is 10.7. The van der Waals surface area contributed by atoms with Crippen LogP contribution >= 0.6 is 0 Å². The molecule has 4 nitrogen and oxygen atoms in total. The first kappa shape index (κ1) is 11.0. The first-order chi connectivity index (χ1) is 9.90. The summed E-state index contributed by atoms with van der Waals surface area (Å²) in [5, 5.41) is 4.40. The molecule has 96 valence electrons. The van der Waals surface area contributed by atoms with Gasteiger partial charge in [0.25, 0.3) is 0 Å². The predicted octanol–water partition coefficient (Wildman–Crippen LogP) is 3.19. The summed E-state index contributed by atoms with van der Waals surface area (Å²) in [6.07, 6.45) is 7.85. The molecule has 0 aliphatic carbocycles. The number of pyridine rings is 1. The highest BCUT2D eigenvalue weighted by atomic mass is 15.3. The van der Waals surface area contributed by atoms with Gasteiger partial charge in [-0.1, -0.05) is 24.3 Å². The number of hydrogen-bond acceptors (Lipinski definition) is 2. The van der Waals surface area contributed by atoms with E-state index in [1.54, 1.807) is 0 Å². The highest BCUT2D eigenvalue weighted by Crippen LogP contribution is 2.19. The van der Waals surface area contributed by atoms with Gasteiger partial charge in [-0.15, -0.1) is 0 Å². The molecule has 4 heteroatoms. The fourth-order valence-electron chi connectivity index (χ4n) is 2.25. The van der Waals surface area contributed by atoms with Crippen molar-refractivity contribution in [1.82, 2.24) is 19.2 Å². The van der Waals surface area contributed by atoms with Gasteiger partial charge in [0.2, 0.25) is 0 Å². The van der Waals surface area contributed by atoms with Crippen molar-refractivity contribution in [2.24, 2.45) is 0 Å². The molecule has 0 fully saturated rings. The van der Waals surface area contributed by atoms with Crippen molar-refractivity contribution in [2.45, 2.75) is 0 Å². The van der Waals surface area contributed by atoms with Gasteiger partial charge in [-0.2, -0.15) is 5.10 Å². The maximum Gasteiger partial charge on any atom is 0.137 e. The monoisotopic (exact) mass is 260 g/mol. The molecule has 0 amide bonds. The largest absolute Gasteiger partial charge is 0.306 e. The maximum absolute atomic E-state index is 4.60. The van der Waals surface area contributed by atoms with Crippen molar-refractivity contribution in [3.8, 4) is 16.9 Å². The second kappa shape index (κ2) is 4.35. The first-order valence-corrected chi connectivity index (χ1v) is 6.44. The minimum Gasteiger partial charge on any atom is -0.306 e. The molecular formula is C16H12N4. The summed E-state index contributed by atoms with van der Waals surface area (Å²) in [6.45, 7) is 0. The Kier molecular flexibility index (Phi) is 2.39. The van der Waals surface area contributed by atoms with Gasteiger partial charge in [0.15, 0.2) is 0 Å². The average molecular weight is 260 g/mol. The van der Waals surface area contributed by atoms with E-state index in [-0.39, 0.29) is 0 Å². The van der Waals surface area contributed by atoms with Crippen molar-refractivity contribution in [1.29, 1.82) is 0 Å². The molecule has 4 rings (SSSR count). The number of fused-ring (bicyclic) bond motifs is 1. The zero-order chi connectivity index (χ0) is 13.4. The molecule has 0 aliphatic rings. The van der Waals surface area contributed by atoms with Crippen molar-refractivity contribution < 1.29 is 0 Å². The quantitative estimate of drug-likeness (QED) is 0.555. The van der Waals surface area contributed by atoms with E-state index >= 15 is 0 Å². The Morgan fingerprint density at radius 2 is 1.70 bits per heavy atom. The van der Waals surface area contributed by atoms with Crippen LogP contribution in [0.5, 0.6) is 0 Å². The van der Waals surface area contributed by atoms with Crippen molar-refractivity contribution in [3.05, 3.63) is 73.3 Å². The number of imidazole rings is 1.